The number of amides is 1. The first-order valence-electron chi connectivity index (χ1n) is 7.81. The van der Waals surface area contributed by atoms with Crippen molar-refractivity contribution in [1.29, 1.82) is 0 Å². The molecule has 0 bridgehead atoms. The minimum absolute atomic E-state index is 0.282. The number of carbonyl (C=O) groups is 1. The van der Waals surface area contributed by atoms with Crippen LogP contribution in [0.3, 0.4) is 0 Å². The minimum Gasteiger partial charge on any atom is -0.472 e. The summed E-state index contributed by atoms with van der Waals surface area (Å²) in [6.07, 6.45) is 3.95. The van der Waals surface area contributed by atoms with Crippen molar-refractivity contribution in [2.75, 3.05) is 16.8 Å². The standard InChI is InChI=1S/C18H22N2O3/c1-18(2,3)23-17(21)20-8-6-14-10-15(4-5-16(14)20)19-11-13-7-9-22-12-13/h4-5,7,9-10,12,19H,6,8,11H2,1-3H3. The van der Waals surface area contributed by atoms with Gasteiger partial charge in [-0.2, -0.15) is 0 Å². The Hall–Kier alpha value is -2.43. The average molecular weight is 314 g/mol. The lowest BCUT2D eigenvalue weighted by Crippen LogP contribution is -2.35. The van der Waals surface area contributed by atoms with Crippen molar-refractivity contribution in [2.24, 2.45) is 0 Å². The molecule has 1 aliphatic heterocycles. The molecular formula is C18H22N2O3. The molecule has 122 valence electrons. The van der Waals surface area contributed by atoms with Gasteiger partial charge in [-0.05, 0) is 57.0 Å². The molecule has 0 saturated carbocycles. The Morgan fingerprint density at radius 3 is 2.87 bits per heavy atom. The van der Waals surface area contributed by atoms with Crippen LogP contribution in [-0.4, -0.2) is 18.2 Å². The number of furan rings is 1. The molecule has 3 rings (SSSR count). The summed E-state index contributed by atoms with van der Waals surface area (Å²) in [7, 11) is 0. The Labute approximate surface area is 136 Å². The molecule has 0 unspecified atom stereocenters. The number of carbonyl (C=O) groups excluding carboxylic acids is 1. The van der Waals surface area contributed by atoms with Crippen LogP contribution in [0.5, 0.6) is 0 Å². The Morgan fingerprint density at radius 2 is 2.17 bits per heavy atom. The van der Waals surface area contributed by atoms with Crippen molar-refractivity contribution < 1.29 is 13.9 Å². The molecule has 0 saturated heterocycles. The van der Waals surface area contributed by atoms with Crippen LogP contribution in [0.15, 0.2) is 41.2 Å². The highest BCUT2D eigenvalue weighted by Crippen LogP contribution is 2.31. The predicted molar refractivity (Wildman–Crippen MR) is 89.8 cm³/mol. The van der Waals surface area contributed by atoms with E-state index in [1.165, 1.54) is 0 Å². The topological polar surface area (TPSA) is 54.7 Å². The molecule has 5 nitrogen and oxygen atoms in total. The fraction of sp³-hybridized carbons (Fsp3) is 0.389. The molecule has 1 N–H and O–H groups in total. The van der Waals surface area contributed by atoms with Crippen molar-refractivity contribution in [3.8, 4) is 0 Å². The number of hydrogen-bond donors (Lipinski definition) is 1. The van der Waals surface area contributed by atoms with Gasteiger partial charge >= 0.3 is 6.09 Å². The average Bonchev–Trinajstić information content (AvgIpc) is 3.12. The van der Waals surface area contributed by atoms with Gasteiger partial charge in [-0.1, -0.05) is 0 Å². The number of ether oxygens (including phenoxy) is 1. The van der Waals surface area contributed by atoms with Gasteiger partial charge in [0.2, 0.25) is 0 Å². The van der Waals surface area contributed by atoms with E-state index in [1.54, 1.807) is 17.4 Å². The van der Waals surface area contributed by atoms with E-state index in [-0.39, 0.29) is 6.09 Å². The third kappa shape index (κ3) is 3.67. The molecule has 0 fully saturated rings. The van der Waals surface area contributed by atoms with Crippen LogP contribution in [0.1, 0.15) is 31.9 Å². The predicted octanol–water partition coefficient (Wildman–Crippen LogP) is 4.19. The summed E-state index contributed by atoms with van der Waals surface area (Å²) in [6, 6.07) is 8.00. The van der Waals surface area contributed by atoms with Gasteiger partial charge in [0.05, 0.1) is 18.2 Å². The van der Waals surface area contributed by atoms with Gasteiger partial charge in [0, 0.05) is 24.3 Å². The van der Waals surface area contributed by atoms with Gasteiger partial charge in [-0.15, -0.1) is 0 Å². The van der Waals surface area contributed by atoms with Gasteiger partial charge in [0.1, 0.15) is 5.60 Å². The second kappa shape index (κ2) is 5.99. The van der Waals surface area contributed by atoms with E-state index in [2.05, 4.69) is 11.4 Å². The van der Waals surface area contributed by atoms with Crippen molar-refractivity contribution in [1.82, 2.24) is 0 Å². The fourth-order valence-corrected chi connectivity index (χ4v) is 2.62. The van der Waals surface area contributed by atoms with Gasteiger partial charge in [0.25, 0.3) is 0 Å². The molecule has 2 heterocycles. The summed E-state index contributed by atoms with van der Waals surface area (Å²) < 4.78 is 10.5. The Kier molecular flexibility index (Phi) is 4.03. The summed E-state index contributed by atoms with van der Waals surface area (Å²) in [6.45, 7) is 7.01. The highest BCUT2D eigenvalue weighted by Gasteiger charge is 2.28. The normalized spacial score (nSPS) is 13.8. The lowest BCUT2D eigenvalue weighted by molar-refractivity contribution is 0.0584. The van der Waals surface area contributed by atoms with E-state index in [0.717, 1.165) is 28.9 Å². The smallest absolute Gasteiger partial charge is 0.414 e. The Bertz CT molecular complexity index is 687. The largest absolute Gasteiger partial charge is 0.472 e. The second-order valence-electron chi connectivity index (χ2n) is 6.71. The van der Waals surface area contributed by atoms with Crippen LogP contribution in [-0.2, 0) is 17.7 Å². The Morgan fingerprint density at radius 1 is 1.35 bits per heavy atom. The number of benzene rings is 1. The van der Waals surface area contributed by atoms with Crippen molar-refractivity contribution in [2.45, 2.75) is 39.3 Å². The van der Waals surface area contributed by atoms with Crippen molar-refractivity contribution >= 4 is 17.5 Å². The lowest BCUT2D eigenvalue weighted by Gasteiger charge is -2.24. The van der Waals surface area contributed by atoms with Crippen LogP contribution in [0.4, 0.5) is 16.2 Å². The van der Waals surface area contributed by atoms with Crippen LogP contribution in [0, 0.1) is 0 Å². The summed E-state index contributed by atoms with van der Waals surface area (Å²) >= 11 is 0. The van der Waals surface area contributed by atoms with Crippen molar-refractivity contribution in [3.05, 3.63) is 47.9 Å². The molecule has 1 aromatic heterocycles. The minimum atomic E-state index is -0.480. The molecule has 5 heteroatoms. The molecule has 23 heavy (non-hydrogen) atoms. The lowest BCUT2D eigenvalue weighted by atomic mass is 10.1. The molecule has 0 atom stereocenters. The Balaban J connectivity index is 1.68. The number of anilines is 2. The van der Waals surface area contributed by atoms with Gasteiger partial charge in [-0.3, -0.25) is 4.90 Å². The van der Waals surface area contributed by atoms with Crippen LogP contribution >= 0.6 is 0 Å². The van der Waals surface area contributed by atoms with Crippen LogP contribution < -0.4 is 10.2 Å². The van der Waals surface area contributed by atoms with E-state index in [1.807, 2.05) is 39.0 Å². The molecule has 0 aliphatic carbocycles. The first-order valence-corrected chi connectivity index (χ1v) is 7.81. The number of hydrogen-bond acceptors (Lipinski definition) is 4. The van der Waals surface area contributed by atoms with Crippen molar-refractivity contribution in [3.63, 3.8) is 0 Å². The zero-order valence-electron chi connectivity index (χ0n) is 13.8. The highest BCUT2D eigenvalue weighted by molar-refractivity contribution is 5.91. The third-order valence-corrected chi connectivity index (χ3v) is 3.67. The first-order chi connectivity index (χ1) is 10.9. The molecule has 1 amide bonds. The zero-order valence-corrected chi connectivity index (χ0v) is 13.8. The molecule has 2 aromatic rings. The number of rotatable bonds is 3. The maximum absolute atomic E-state index is 12.3. The van der Waals surface area contributed by atoms with E-state index >= 15 is 0 Å². The summed E-state index contributed by atoms with van der Waals surface area (Å²) in [5, 5.41) is 3.36. The van der Waals surface area contributed by atoms with E-state index in [9.17, 15) is 4.79 Å². The van der Waals surface area contributed by atoms with Gasteiger partial charge < -0.3 is 14.5 Å². The molecule has 0 spiro atoms. The molecular weight excluding hydrogens is 292 g/mol. The number of fused-ring (bicyclic) bond motifs is 1. The summed E-state index contributed by atoms with van der Waals surface area (Å²) in [5.41, 5.74) is 3.75. The van der Waals surface area contributed by atoms with Gasteiger partial charge in [0.15, 0.2) is 0 Å². The van der Waals surface area contributed by atoms with E-state index in [4.69, 9.17) is 9.15 Å². The maximum Gasteiger partial charge on any atom is 0.414 e. The highest BCUT2D eigenvalue weighted by atomic mass is 16.6. The number of nitrogens with one attached hydrogen (secondary N) is 1. The third-order valence-electron chi connectivity index (χ3n) is 3.67. The molecule has 0 radical (unpaired) electrons. The van der Waals surface area contributed by atoms with E-state index in [0.29, 0.717) is 13.1 Å². The quantitative estimate of drug-likeness (QED) is 0.923. The van der Waals surface area contributed by atoms with E-state index < -0.39 is 5.60 Å². The zero-order chi connectivity index (χ0) is 16.4. The second-order valence-corrected chi connectivity index (χ2v) is 6.71. The fourth-order valence-electron chi connectivity index (χ4n) is 2.62. The SMILES string of the molecule is CC(C)(C)OC(=O)N1CCc2cc(NCc3ccoc3)ccc21. The monoisotopic (exact) mass is 314 g/mol. The number of nitrogens with zero attached hydrogens (tertiary/aromatic N) is 1. The summed E-state index contributed by atoms with van der Waals surface area (Å²) in [4.78, 5) is 14.0. The molecule has 1 aromatic carbocycles. The van der Waals surface area contributed by atoms with Crippen LogP contribution in [0.25, 0.3) is 0 Å². The molecule has 1 aliphatic rings. The van der Waals surface area contributed by atoms with Crippen LogP contribution in [0.2, 0.25) is 0 Å². The first kappa shape index (κ1) is 15.5. The summed E-state index contributed by atoms with van der Waals surface area (Å²) in [5.74, 6) is 0. The maximum atomic E-state index is 12.3. The van der Waals surface area contributed by atoms with Gasteiger partial charge in [-0.25, -0.2) is 4.79 Å².